The van der Waals surface area contributed by atoms with Crippen LogP contribution in [-0.2, 0) is 7.05 Å². The van der Waals surface area contributed by atoms with Crippen LogP contribution in [0.2, 0.25) is 0 Å². The molecule has 2 N–H and O–H groups in total. The summed E-state index contributed by atoms with van der Waals surface area (Å²) < 4.78 is 2.02. The predicted molar refractivity (Wildman–Crippen MR) is 127 cm³/mol. The Hall–Kier alpha value is -4.18. The lowest BCUT2D eigenvalue weighted by molar-refractivity contribution is 0.102. The minimum atomic E-state index is 0.0534. The van der Waals surface area contributed by atoms with Gasteiger partial charge in [0, 0.05) is 35.4 Å². The fraction of sp³-hybridized carbons (Fsp3) is 0.130. The summed E-state index contributed by atoms with van der Waals surface area (Å²) in [5.74, 6) is 1.60. The number of carbonyl (C=O) groups is 1. The molecule has 6 heterocycles. The molecular weight excluding hydrogens is 436 g/mol. The van der Waals surface area contributed by atoms with E-state index in [9.17, 15) is 4.79 Å². The number of hydrogen-bond acceptors (Lipinski definition) is 7. The summed E-state index contributed by atoms with van der Waals surface area (Å²) >= 11 is 1.46. The van der Waals surface area contributed by atoms with Crippen LogP contribution in [0, 0.1) is 6.92 Å². The molecule has 0 unspecified atom stereocenters. The Morgan fingerprint density at radius 2 is 1.97 bits per heavy atom. The molecule has 162 valence electrons. The summed E-state index contributed by atoms with van der Waals surface area (Å²) in [4.78, 5) is 34.9. The lowest BCUT2D eigenvalue weighted by Crippen LogP contribution is -1.94. The van der Waals surface area contributed by atoms with Crippen LogP contribution in [-0.4, -0.2) is 45.5 Å². The summed E-state index contributed by atoms with van der Waals surface area (Å²) in [6, 6.07) is 7.77. The second-order valence-corrected chi connectivity index (χ2v) is 8.89. The monoisotopic (exact) mass is 454 g/mol. The molecule has 6 aromatic heterocycles. The largest absolute Gasteiger partial charge is 0.335 e. The molecule has 0 amide bonds. The minimum absolute atomic E-state index is 0.0534. The number of pyridine rings is 2. The molecule has 0 spiro atoms. The smallest absolute Gasteiger partial charge is 0.181 e. The fourth-order valence-electron chi connectivity index (χ4n) is 3.90. The summed E-state index contributed by atoms with van der Waals surface area (Å²) in [7, 11) is 1.98. The van der Waals surface area contributed by atoms with Gasteiger partial charge in [0.1, 0.15) is 11.5 Å². The lowest BCUT2D eigenvalue weighted by atomic mass is 10.1. The summed E-state index contributed by atoms with van der Waals surface area (Å²) in [5.41, 5.74) is 5.60. The van der Waals surface area contributed by atoms with E-state index in [-0.39, 0.29) is 5.78 Å². The van der Waals surface area contributed by atoms with E-state index in [2.05, 4.69) is 30.1 Å². The fourth-order valence-corrected chi connectivity index (χ4v) is 4.83. The van der Waals surface area contributed by atoms with Gasteiger partial charge >= 0.3 is 0 Å². The first kappa shape index (κ1) is 19.5. The zero-order valence-electron chi connectivity index (χ0n) is 18.0. The second-order valence-electron chi connectivity index (χ2n) is 7.81. The molecule has 10 heteroatoms. The van der Waals surface area contributed by atoms with E-state index in [0.29, 0.717) is 17.1 Å². The maximum absolute atomic E-state index is 11.7. The Balaban J connectivity index is 1.49. The average molecular weight is 455 g/mol. The number of Topliss-reactive ketones (excluding diaryl/α,β-unsaturated/α-hetero) is 1. The molecule has 6 aromatic rings. The number of nitrogens with zero attached hydrogens (tertiary/aromatic N) is 6. The molecule has 0 aromatic carbocycles. The number of ketones is 1. The van der Waals surface area contributed by atoms with E-state index in [1.165, 1.54) is 11.3 Å². The van der Waals surface area contributed by atoms with Crippen LogP contribution in [0.25, 0.3) is 55.4 Å². The zero-order valence-corrected chi connectivity index (χ0v) is 18.9. The Morgan fingerprint density at radius 1 is 1.09 bits per heavy atom. The second kappa shape index (κ2) is 7.17. The lowest BCUT2D eigenvalue weighted by Gasteiger charge is -2.03. The highest BCUT2D eigenvalue weighted by Gasteiger charge is 2.18. The summed E-state index contributed by atoms with van der Waals surface area (Å²) in [6.07, 6.45) is 5.36. The summed E-state index contributed by atoms with van der Waals surface area (Å²) in [6.45, 7) is 3.54. The first-order valence-corrected chi connectivity index (χ1v) is 11.1. The van der Waals surface area contributed by atoms with Crippen molar-refractivity contribution in [3.8, 4) is 33.2 Å². The SMILES string of the molecule is CC(=O)c1ccc(-c2ccnc3nc(-c4[nH]nc5ncc(-c6cnc(C)n6C)cc45)[nH]c23)s1. The third kappa shape index (κ3) is 3.06. The van der Waals surface area contributed by atoms with Crippen LogP contribution in [0.4, 0.5) is 0 Å². The van der Waals surface area contributed by atoms with Crippen molar-refractivity contribution in [3.63, 3.8) is 0 Å². The molecule has 0 saturated heterocycles. The van der Waals surface area contributed by atoms with E-state index >= 15 is 0 Å². The first-order chi connectivity index (χ1) is 16.0. The standard InChI is InChI=1S/C23H18N8OS/c1-11(32)17-4-5-18(33-17)14-6-7-24-22-19(14)27-23(28-22)20-15-8-13(9-26-21(15)30-29-20)16-10-25-12(2)31(16)3/h4-10H,1-3H3,(H,24,27,28)(H,26,29,30). The third-order valence-corrected chi connectivity index (χ3v) is 6.99. The zero-order chi connectivity index (χ0) is 22.7. The normalized spacial score (nSPS) is 11.6. The maximum atomic E-state index is 11.7. The van der Waals surface area contributed by atoms with Gasteiger partial charge in [0.15, 0.2) is 22.9 Å². The number of aromatic nitrogens is 8. The predicted octanol–water partition coefficient (Wildman–Crippen LogP) is 4.54. The van der Waals surface area contributed by atoms with Crippen molar-refractivity contribution >= 4 is 39.3 Å². The van der Waals surface area contributed by atoms with Gasteiger partial charge in [-0.3, -0.25) is 9.89 Å². The highest BCUT2D eigenvalue weighted by molar-refractivity contribution is 7.17. The van der Waals surface area contributed by atoms with E-state index in [0.717, 1.165) is 49.0 Å². The van der Waals surface area contributed by atoms with Crippen LogP contribution in [0.3, 0.4) is 0 Å². The van der Waals surface area contributed by atoms with Gasteiger partial charge in [0.05, 0.1) is 27.7 Å². The highest BCUT2D eigenvalue weighted by atomic mass is 32.1. The number of aryl methyl sites for hydroxylation is 1. The number of carbonyl (C=O) groups excluding carboxylic acids is 1. The van der Waals surface area contributed by atoms with Crippen molar-refractivity contribution < 1.29 is 4.79 Å². The number of rotatable bonds is 4. The Labute approximate surface area is 191 Å². The van der Waals surface area contributed by atoms with Gasteiger partial charge in [0.25, 0.3) is 0 Å². The Bertz CT molecular complexity index is 1690. The van der Waals surface area contributed by atoms with Crippen molar-refractivity contribution in [1.82, 2.24) is 39.7 Å². The number of thiophene rings is 1. The van der Waals surface area contributed by atoms with Gasteiger partial charge in [-0.15, -0.1) is 11.3 Å². The Kier molecular flexibility index (Phi) is 4.24. The molecule has 0 saturated carbocycles. The van der Waals surface area contributed by atoms with Gasteiger partial charge in [-0.05, 0) is 38.1 Å². The van der Waals surface area contributed by atoms with Crippen LogP contribution in [0.15, 0.2) is 42.9 Å². The van der Waals surface area contributed by atoms with Crippen LogP contribution in [0.1, 0.15) is 22.4 Å². The minimum Gasteiger partial charge on any atom is -0.335 e. The molecule has 9 nitrogen and oxygen atoms in total. The van der Waals surface area contributed by atoms with Gasteiger partial charge in [-0.2, -0.15) is 5.10 Å². The number of fused-ring (bicyclic) bond motifs is 2. The van der Waals surface area contributed by atoms with E-state index in [1.54, 1.807) is 19.3 Å². The third-order valence-electron chi connectivity index (χ3n) is 5.77. The number of aromatic amines is 2. The molecular formula is C23H18N8OS. The molecule has 0 aliphatic carbocycles. The van der Waals surface area contributed by atoms with Crippen molar-refractivity contribution in [3.05, 3.63) is 53.6 Å². The highest BCUT2D eigenvalue weighted by Crippen LogP contribution is 2.34. The molecule has 0 atom stereocenters. The van der Waals surface area contributed by atoms with Gasteiger partial charge in [-0.1, -0.05) is 0 Å². The quantitative estimate of drug-likeness (QED) is 0.378. The van der Waals surface area contributed by atoms with Crippen molar-refractivity contribution in [2.24, 2.45) is 7.05 Å². The molecule has 0 bridgehead atoms. The van der Waals surface area contributed by atoms with Gasteiger partial charge in [-0.25, -0.2) is 19.9 Å². The number of nitrogens with one attached hydrogen (secondary N) is 2. The molecule has 0 radical (unpaired) electrons. The van der Waals surface area contributed by atoms with E-state index < -0.39 is 0 Å². The molecule has 6 rings (SSSR count). The maximum Gasteiger partial charge on any atom is 0.181 e. The first-order valence-electron chi connectivity index (χ1n) is 10.3. The van der Waals surface area contributed by atoms with E-state index in [1.807, 2.05) is 49.0 Å². The van der Waals surface area contributed by atoms with Gasteiger partial charge < -0.3 is 9.55 Å². The topological polar surface area (TPSA) is 118 Å². The van der Waals surface area contributed by atoms with Crippen LogP contribution in [0.5, 0.6) is 0 Å². The van der Waals surface area contributed by atoms with Crippen LogP contribution >= 0.6 is 11.3 Å². The van der Waals surface area contributed by atoms with Crippen molar-refractivity contribution in [1.29, 1.82) is 0 Å². The summed E-state index contributed by atoms with van der Waals surface area (Å²) in [5, 5.41) is 8.27. The van der Waals surface area contributed by atoms with Crippen molar-refractivity contribution in [2.45, 2.75) is 13.8 Å². The molecule has 0 aliphatic rings. The molecule has 0 aliphatic heterocycles. The Morgan fingerprint density at radius 3 is 2.73 bits per heavy atom. The molecule has 0 fully saturated rings. The number of H-pyrrole nitrogens is 2. The number of imidazole rings is 2. The number of hydrogen-bond donors (Lipinski definition) is 2. The average Bonchev–Trinajstić information content (AvgIpc) is 3.59. The van der Waals surface area contributed by atoms with E-state index in [4.69, 9.17) is 4.98 Å². The van der Waals surface area contributed by atoms with Crippen molar-refractivity contribution in [2.75, 3.05) is 0 Å². The van der Waals surface area contributed by atoms with Crippen LogP contribution < -0.4 is 0 Å². The molecule has 33 heavy (non-hydrogen) atoms. The van der Waals surface area contributed by atoms with Gasteiger partial charge in [0.2, 0.25) is 0 Å².